The Morgan fingerprint density at radius 2 is 1.56 bits per heavy atom. The lowest BCUT2D eigenvalue weighted by molar-refractivity contribution is -0.108. The monoisotopic (exact) mass is 571 g/mol. The Morgan fingerprint density at radius 3 is 2.33 bits per heavy atom. The average molecular weight is 572 g/mol. The van der Waals surface area contributed by atoms with E-state index in [2.05, 4.69) is 58.1 Å². The molecule has 2 N–H and O–H groups in total. The molecular formula is C37H37N3O3. The summed E-state index contributed by atoms with van der Waals surface area (Å²) >= 11 is 0. The number of ether oxygens (including phenoxy) is 2. The van der Waals surface area contributed by atoms with Gasteiger partial charge in [-0.1, -0.05) is 84.9 Å². The molecule has 43 heavy (non-hydrogen) atoms. The number of para-hydroxylation sites is 1. The number of rotatable bonds is 12. The molecule has 0 spiro atoms. The van der Waals surface area contributed by atoms with Crippen LogP contribution in [0, 0.1) is 0 Å². The summed E-state index contributed by atoms with van der Waals surface area (Å²) in [5.41, 5.74) is 5.27. The van der Waals surface area contributed by atoms with Gasteiger partial charge in [0.05, 0.1) is 17.7 Å². The number of hydrogen-bond donors (Lipinski definition) is 2. The fraction of sp³-hybridized carbons (Fsp3) is 0.243. The topological polar surface area (TPSA) is 72.5 Å². The Kier molecular flexibility index (Phi) is 9.37. The van der Waals surface area contributed by atoms with Crippen molar-refractivity contribution in [2.75, 3.05) is 25.0 Å². The predicted molar refractivity (Wildman–Crippen MR) is 172 cm³/mol. The summed E-state index contributed by atoms with van der Waals surface area (Å²) in [6.07, 6.45) is 4.52. The van der Waals surface area contributed by atoms with E-state index in [1.54, 1.807) is 6.20 Å². The van der Waals surface area contributed by atoms with Crippen LogP contribution >= 0.6 is 0 Å². The lowest BCUT2D eigenvalue weighted by atomic mass is 9.85. The number of pyridine rings is 1. The van der Waals surface area contributed by atoms with Gasteiger partial charge in [-0.2, -0.15) is 0 Å². The highest BCUT2D eigenvalue weighted by Crippen LogP contribution is 2.31. The molecule has 1 aliphatic rings. The molecule has 0 bridgehead atoms. The van der Waals surface area contributed by atoms with Crippen LogP contribution in [0.1, 0.15) is 29.0 Å². The van der Waals surface area contributed by atoms with Gasteiger partial charge in [-0.15, -0.1) is 0 Å². The first-order valence-corrected chi connectivity index (χ1v) is 15.0. The number of anilines is 1. The summed E-state index contributed by atoms with van der Waals surface area (Å²) in [5, 5.41) is 8.12. The second kappa shape index (κ2) is 14.1. The molecule has 6 nitrogen and oxygen atoms in total. The van der Waals surface area contributed by atoms with Crippen LogP contribution < -0.4 is 15.4 Å². The van der Waals surface area contributed by atoms with Crippen molar-refractivity contribution in [2.24, 2.45) is 0 Å². The van der Waals surface area contributed by atoms with Crippen molar-refractivity contribution in [2.45, 2.75) is 37.0 Å². The number of nitrogens with one attached hydrogen (secondary N) is 2. The molecule has 1 aliphatic heterocycles. The maximum absolute atomic E-state index is 12.6. The number of fused-ring (bicyclic) bond motifs is 1. The smallest absolute Gasteiger partial charge is 0.143 e. The Bertz CT molecular complexity index is 1570. The molecule has 0 amide bonds. The highest BCUT2D eigenvalue weighted by Gasteiger charge is 2.26. The third-order valence-corrected chi connectivity index (χ3v) is 8.06. The number of aromatic nitrogens is 1. The van der Waals surface area contributed by atoms with Crippen LogP contribution in [0.3, 0.4) is 0 Å². The van der Waals surface area contributed by atoms with Crippen molar-refractivity contribution in [3.63, 3.8) is 0 Å². The van der Waals surface area contributed by atoms with Gasteiger partial charge in [0.1, 0.15) is 24.7 Å². The number of nitrogens with zero attached hydrogens (tertiary/aromatic N) is 1. The van der Waals surface area contributed by atoms with Crippen molar-refractivity contribution in [1.82, 2.24) is 10.3 Å². The van der Waals surface area contributed by atoms with E-state index in [0.29, 0.717) is 6.61 Å². The van der Waals surface area contributed by atoms with E-state index in [1.807, 2.05) is 72.8 Å². The average Bonchev–Trinajstić information content (AvgIpc) is 3.07. The van der Waals surface area contributed by atoms with Crippen molar-refractivity contribution >= 4 is 22.9 Å². The molecule has 6 rings (SSSR count). The molecule has 2 heterocycles. The molecule has 6 heteroatoms. The number of morpholine rings is 1. The largest absolute Gasteiger partial charge is 0.490 e. The van der Waals surface area contributed by atoms with Crippen LogP contribution in [0.15, 0.2) is 121 Å². The maximum Gasteiger partial charge on any atom is 0.143 e. The first-order valence-electron chi connectivity index (χ1n) is 15.0. The van der Waals surface area contributed by atoms with Crippen molar-refractivity contribution in [3.05, 3.63) is 138 Å². The summed E-state index contributed by atoms with van der Waals surface area (Å²) in [4.78, 5) is 17.0. The van der Waals surface area contributed by atoms with Gasteiger partial charge in [-0.25, -0.2) is 0 Å². The van der Waals surface area contributed by atoms with E-state index in [4.69, 9.17) is 9.47 Å². The molecule has 0 aliphatic carbocycles. The minimum Gasteiger partial charge on any atom is -0.490 e. The van der Waals surface area contributed by atoms with Gasteiger partial charge < -0.3 is 24.9 Å². The molecule has 3 atom stereocenters. The van der Waals surface area contributed by atoms with Crippen molar-refractivity contribution < 1.29 is 14.3 Å². The Morgan fingerprint density at radius 1 is 0.837 bits per heavy atom. The Labute approximate surface area is 253 Å². The molecule has 1 unspecified atom stereocenters. The standard InChI is InChI=1S/C37H37N3O3/c41-25-35(37(28-12-3-1-4-13-28)29-14-5-2-6-15-29)40-33-17-8-7-11-27(33)20-21-30-23-38-24-31(43-30)26-42-36-19-9-18-34-32(36)16-10-22-39-34/h1-19,22,25,30-31,35,37-38,40H,20-21,23-24,26H2/t30-,31-,35?/m0/s1. The van der Waals surface area contributed by atoms with Crippen LogP contribution in [0.5, 0.6) is 5.75 Å². The van der Waals surface area contributed by atoms with E-state index < -0.39 is 6.04 Å². The molecule has 1 fully saturated rings. The Balaban J connectivity index is 1.10. The lowest BCUT2D eigenvalue weighted by Crippen LogP contribution is -2.47. The molecule has 218 valence electrons. The zero-order valence-electron chi connectivity index (χ0n) is 24.1. The summed E-state index contributed by atoms with van der Waals surface area (Å²) < 4.78 is 12.7. The minimum atomic E-state index is -0.427. The molecule has 4 aromatic carbocycles. The normalized spacial score (nSPS) is 17.4. The molecule has 1 saturated heterocycles. The Hall–Kier alpha value is -4.52. The number of carbonyl (C=O) groups is 1. The summed E-state index contributed by atoms with van der Waals surface area (Å²) in [7, 11) is 0. The van der Waals surface area contributed by atoms with Crippen LogP contribution in [0.2, 0.25) is 0 Å². The second-order valence-electron chi connectivity index (χ2n) is 11.0. The van der Waals surface area contributed by atoms with Gasteiger partial charge in [0.2, 0.25) is 0 Å². The first-order chi connectivity index (χ1) is 21.3. The fourth-order valence-electron chi connectivity index (χ4n) is 5.92. The molecule has 0 saturated carbocycles. The molecular weight excluding hydrogens is 534 g/mol. The zero-order valence-corrected chi connectivity index (χ0v) is 24.1. The molecule has 5 aromatic rings. The van der Waals surface area contributed by atoms with Crippen LogP contribution in [0.25, 0.3) is 10.9 Å². The second-order valence-corrected chi connectivity index (χ2v) is 11.0. The van der Waals surface area contributed by atoms with E-state index in [1.165, 1.54) is 5.56 Å². The highest BCUT2D eigenvalue weighted by molar-refractivity contribution is 5.84. The highest BCUT2D eigenvalue weighted by atomic mass is 16.5. The number of aryl methyl sites for hydroxylation is 1. The molecule has 1 aromatic heterocycles. The lowest BCUT2D eigenvalue weighted by Gasteiger charge is -2.31. The van der Waals surface area contributed by atoms with Crippen LogP contribution in [-0.2, 0) is 16.0 Å². The number of aldehydes is 1. The van der Waals surface area contributed by atoms with Gasteiger partial charge in [-0.3, -0.25) is 4.98 Å². The van der Waals surface area contributed by atoms with Gasteiger partial charge in [0.15, 0.2) is 0 Å². The van der Waals surface area contributed by atoms with Crippen molar-refractivity contribution in [3.8, 4) is 5.75 Å². The van der Waals surface area contributed by atoms with E-state index in [0.717, 1.165) is 65.7 Å². The van der Waals surface area contributed by atoms with E-state index >= 15 is 0 Å². The van der Waals surface area contributed by atoms with Gasteiger partial charge in [0.25, 0.3) is 0 Å². The number of benzene rings is 4. The maximum atomic E-state index is 12.6. The first kappa shape index (κ1) is 28.6. The molecule has 0 radical (unpaired) electrons. The van der Waals surface area contributed by atoms with Crippen molar-refractivity contribution in [1.29, 1.82) is 0 Å². The van der Waals surface area contributed by atoms with Gasteiger partial charge >= 0.3 is 0 Å². The minimum absolute atomic E-state index is 0.0454. The van der Waals surface area contributed by atoms with Crippen LogP contribution in [0.4, 0.5) is 5.69 Å². The zero-order chi connectivity index (χ0) is 29.3. The SMILES string of the molecule is O=CC(Nc1ccccc1CC[C@H]1CNC[C@@H](COc2cccc3ncccc23)O1)C(c1ccccc1)c1ccccc1. The number of hydrogen-bond acceptors (Lipinski definition) is 6. The number of carbonyl (C=O) groups excluding carboxylic acids is 1. The quantitative estimate of drug-likeness (QED) is 0.169. The summed E-state index contributed by atoms with van der Waals surface area (Å²) in [6.45, 7) is 2.02. The predicted octanol–water partition coefficient (Wildman–Crippen LogP) is 6.41. The summed E-state index contributed by atoms with van der Waals surface area (Å²) in [6, 6.07) is 38.2. The fourth-order valence-corrected chi connectivity index (χ4v) is 5.92. The van der Waals surface area contributed by atoms with Crippen LogP contribution in [-0.4, -0.2) is 49.2 Å². The third kappa shape index (κ3) is 7.11. The van der Waals surface area contributed by atoms with E-state index in [9.17, 15) is 4.79 Å². The van der Waals surface area contributed by atoms with Gasteiger partial charge in [0, 0.05) is 36.3 Å². The summed E-state index contributed by atoms with van der Waals surface area (Å²) in [5.74, 6) is 0.711. The third-order valence-electron chi connectivity index (χ3n) is 8.06. The van der Waals surface area contributed by atoms with Gasteiger partial charge in [-0.05, 0) is 59.9 Å². The van der Waals surface area contributed by atoms with E-state index in [-0.39, 0.29) is 18.1 Å².